The fourth-order valence-electron chi connectivity index (χ4n) is 3.13. The average Bonchev–Trinajstić information content (AvgIpc) is 3.44. The summed E-state index contributed by atoms with van der Waals surface area (Å²) >= 11 is 1.55. The van der Waals surface area contributed by atoms with E-state index in [1.54, 1.807) is 60.3 Å². The molecule has 8 heteroatoms. The van der Waals surface area contributed by atoms with Crippen LogP contribution in [0, 0.1) is 6.92 Å². The molecule has 0 unspecified atom stereocenters. The molecular formula is C23H20N4O3S. The first kappa shape index (κ1) is 20.5. The van der Waals surface area contributed by atoms with Gasteiger partial charge in [-0.3, -0.25) is 4.79 Å². The Hall–Kier alpha value is -3.78. The van der Waals surface area contributed by atoms with E-state index in [4.69, 9.17) is 4.74 Å². The quantitative estimate of drug-likeness (QED) is 0.445. The summed E-state index contributed by atoms with van der Waals surface area (Å²) in [6.45, 7) is 3.87. The molecule has 1 N–H and O–H groups in total. The molecule has 2 aromatic heterocycles. The van der Waals surface area contributed by atoms with Gasteiger partial charge in [0.1, 0.15) is 10.6 Å². The van der Waals surface area contributed by atoms with Crippen molar-refractivity contribution >= 4 is 28.9 Å². The molecule has 7 nitrogen and oxygen atoms in total. The lowest BCUT2D eigenvalue weighted by Gasteiger charge is -2.09. The highest BCUT2D eigenvalue weighted by Crippen LogP contribution is 2.25. The van der Waals surface area contributed by atoms with Crippen LogP contribution in [0.1, 0.15) is 33.3 Å². The minimum atomic E-state index is -0.401. The molecule has 0 spiro atoms. The first-order valence-corrected chi connectivity index (χ1v) is 10.6. The number of nitrogens with one attached hydrogen (secondary N) is 1. The Balaban J connectivity index is 1.49. The van der Waals surface area contributed by atoms with E-state index in [1.165, 1.54) is 6.20 Å². The lowest BCUT2D eigenvalue weighted by molar-refractivity contribution is 0.0525. The van der Waals surface area contributed by atoms with Gasteiger partial charge in [-0.05, 0) is 50.2 Å². The molecule has 4 aromatic rings. The van der Waals surface area contributed by atoms with Crippen LogP contribution in [0.4, 0.5) is 5.69 Å². The van der Waals surface area contributed by atoms with Crippen molar-refractivity contribution in [2.24, 2.45) is 0 Å². The lowest BCUT2D eigenvalue weighted by atomic mass is 10.1. The van der Waals surface area contributed by atoms with Gasteiger partial charge in [-0.15, -0.1) is 11.3 Å². The van der Waals surface area contributed by atoms with Crippen molar-refractivity contribution in [3.63, 3.8) is 0 Å². The maximum absolute atomic E-state index is 12.7. The summed E-state index contributed by atoms with van der Waals surface area (Å²) < 4.78 is 6.69. The smallest absolute Gasteiger partial charge is 0.341 e. The molecule has 156 valence electrons. The van der Waals surface area contributed by atoms with Crippen LogP contribution in [0.25, 0.3) is 16.3 Å². The van der Waals surface area contributed by atoms with Gasteiger partial charge in [0.05, 0.1) is 24.2 Å². The maximum atomic E-state index is 12.7. The zero-order chi connectivity index (χ0) is 21.8. The van der Waals surface area contributed by atoms with Gasteiger partial charge in [0.2, 0.25) is 0 Å². The van der Waals surface area contributed by atoms with Crippen LogP contribution in [-0.4, -0.2) is 33.2 Å². The van der Waals surface area contributed by atoms with Gasteiger partial charge in [0.15, 0.2) is 0 Å². The van der Waals surface area contributed by atoms with E-state index in [0.717, 1.165) is 16.3 Å². The molecule has 0 aliphatic heterocycles. The number of aromatic nitrogens is 3. The van der Waals surface area contributed by atoms with Crippen molar-refractivity contribution in [2.45, 2.75) is 13.8 Å². The SMILES string of the molecule is CCOC(=O)c1cnn(-c2ccc(C(=O)Nc3cccc(-c4nccs4)c3)cc2)c1C. The van der Waals surface area contributed by atoms with E-state index in [0.29, 0.717) is 29.1 Å². The van der Waals surface area contributed by atoms with Crippen LogP contribution < -0.4 is 5.32 Å². The van der Waals surface area contributed by atoms with Crippen molar-refractivity contribution in [2.75, 3.05) is 11.9 Å². The van der Waals surface area contributed by atoms with E-state index in [1.807, 2.05) is 29.6 Å². The lowest BCUT2D eigenvalue weighted by Crippen LogP contribution is -2.12. The van der Waals surface area contributed by atoms with Gasteiger partial charge >= 0.3 is 5.97 Å². The third-order valence-electron chi connectivity index (χ3n) is 4.68. The van der Waals surface area contributed by atoms with Gasteiger partial charge in [-0.1, -0.05) is 12.1 Å². The summed E-state index contributed by atoms with van der Waals surface area (Å²) in [6, 6.07) is 14.6. The average molecular weight is 433 g/mol. The van der Waals surface area contributed by atoms with Crippen LogP contribution >= 0.6 is 11.3 Å². The second kappa shape index (κ2) is 8.93. The predicted molar refractivity (Wildman–Crippen MR) is 120 cm³/mol. The number of nitrogens with zero attached hydrogens (tertiary/aromatic N) is 3. The van der Waals surface area contributed by atoms with E-state index in [-0.39, 0.29) is 5.91 Å². The number of carbonyl (C=O) groups excluding carboxylic acids is 2. The highest BCUT2D eigenvalue weighted by molar-refractivity contribution is 7.13. The zero-order valence-electron chi connectivity index (χ0n) is 17.0. The van der Waals surface area contributed by atoms with Crippen molar-refractivity contribution in [3.8, 4) is 16.3 Å². The molecule has 0 aliphatic rings. The maximum Gasteiger partial charge on any atom is 0.341 e. The molecule has 0 aliphatic carbocycles. The number of thiazole rings is 1. The third kappa shape index (κ3) is 4.39. The Morgan fingerprint density at radius 3 is 2.68 bits per heavy atom. The Kier molecular flexibility index (Phi) is 5.90. The Morgan fingerprint density at radius 1 is 1.16 bits per heavy atom. The molecule has 0 radical (unpaired) electrons. The number of esters is 1. The number of hydrogen-bond donors (Lipinski definition) is 1. The monoisotopic (exact) mass is 432 g/mol. The number of ether oxygens (including phenoxy) is 1. The van der Waals surface area contributed by atoms with Crippen molar-refractivity contribution < 1.29 is 14.3 Å². The Bertz CT molecular complexity index is 1210. The first-order chi connectivity index (χ1) is 15.1. The molecule has 0 fully saturated rings. The summed E-state index contributed by atoms with van der Waals surface area (Å²) in [5.74, 6) is -0.616. The fraction of sp³-hybridized carbons (Fsp3) is 0.130. The Morgan fingerprint density at radius 2 is 1.97 bits per heavy atom. The van der Waals surface area contributed by atoms with Gasteiger partial charge in [0, 0.05) is 28.4 Å². The normalized spacial score (nSPS) is 10.6. The highest BCUT2D eigenvalue weighted by Gasteiger charge is 2.16. The van der Waals surface area contributed by atoms with Crippen LogP contribution in [0.15, 0.2) is 66.3 Å². The van der Waals surface area contributed by atoms with Crippen LogP contribution in [0.5, 0.6) is 0 Å². The number of hydrogen-bond acceptors (Lipinski definition) is 6. The fourth-order valence-corrected chi connectivity index (χ4v) is 3.77. The van der Waals surface area contributed by atoms with E-state index in [2.05, 4.69) is 15.4 Å². The molecule has 4 rings (SSSR count). The summed E-state index contributed by atoms with van der Waals surface area (Å²) in [6.07, 6.45) is 3.24. The second-order valence-electron chi connectivity index (χ2n) is 6.69. The van der Waals surface area contributed by atoms with Crippen molar-refractivity contribution in [3.05, 3.63) is 83.1 Å². The topological polar surface area (TPSA) is 86.1 Å². The highest BCUT2D eigenvalue weighted by atomic mass is 32.1. The molecule has 0 saturated carbocycles. The zero-order valence-corrected chi connectivity index (χ0v) is 17.8. The van der Waals surface area contributed by atoms with Crippen LogP contribution in [0.3, 0.4) is 0 Å². The number of amides is 1. The first-order valence-electron chi connectivity index (χ1n) is 9.70. The molecule has 2 heterocycles. The predicted octanol–water partition coefficient (Wildman–Crippen LogP) is 4.73. The molecule has 0 bridgehead atoms. The molecular weight excluding hydrogens is 412 g/mol. The Labute approximate surface area is 183 Å². The van der Waals surface area contributed by atoms with Gasteiger partial charge in [0.25, 0.3) is 5.91 Å². The van der Waals surface area contributed by atoms with Crippen molar-refractivity contribution in [1.29, 1.82) is 0 Å². The minimum absolute atomic E-state index is 0.216. The molecule has 31 heavy (non-hydrogen) atoms. The molecule has 0 saturated heterocycles. The number of benzene rings is 2. The molecule has 1 amide bonds. The van der Waals surface area contributed by atoms with Gasteiger partial charge in [-0.25, -0.2) is 14.5 Å². The minimum Gasteiger partial charge on any atom is -0.462 e. The number of carbonyl (C=O) groups is 2. The summed E-state index contributed by atoms with van der Waals surface area (Å²) in [4.78, 5) is 29.0. The van der Waals surface area contributed by atoms with Crippen LogP contribution in [0.2, 0.25) is 0 Å². The molecule has 2 aromatic carbocycles. The summed E-state index contributed by atoms with van der Waals surface area (Å²) in [5, 5.41) is 10.0. The van der Waals surface area contributed by atoms with E-state index >= 15 is 0 Å². The van der Waals surface area contributed by atoms with Crippen molar-refractivity contribution in [1.82, 2.24) is 14.8 Å². The van der Waals surface area contributed by atoms with E-state index < -0.39 is 5.97 Å². The number of rotatable bonds is 6. The van der Waals surface area contributed by atoms with Gasteiger partial charge in [-0.2, -0.15) is 5.10 Å². The van der Waals surface area contributed by atoms with Gasteiger partial charge < -0.3 is 10.1 Å². The third-order valence-corrected chi connectivity index (χ3v) is 5.50. The van der Waals surface area contributed by atoms with Crippen LogP contribution in [-0.2, 0) is 4.74 Å². The number of anilines is 1. The second-order valence-corrected chi connectivity index (χ2v) is 7.59. The molecule has 0 atom stereocenters. The largest absolute Gasteiger partial charge is 0.462 e. The summed E-state index contributed by atoms with van der Waals surface area (Å²) in [5.41, 5.74) is 4.01. The standard InChI is InChI=1S/C23H20N4O3S/c1-3-30-23(29)20-14-25-27(15(20)2)19-9-7-16(8-10-19)21(28)26-18-6-4-5-17(13-18)22-24-11-12-31-22/h4-14H,3H2,1-2H3,(H,26,28). The summed E-state index contributed by atoms with van der Waals surface area (Å²) in [7, 11) is 0. The van der Waals surface area contributed by atoms with E-state index in [9.17, 15) is 9.59 Å².